The lowest BCUT2D eigenvalue weighted by Gasteiger charge is -2.21. The Morgan fingerprint density at radius 2 is 1.69 bits per heavy atom. The van der Waals surface area contributed by atoms with Gasteiger partial charge in [-0.1, -0.05) is 0 Å². The molecule has 0 aliphatic heterocycles. The van der Waals surface area contributed by atoms with Gasteiger partial charge in [0, 0.05) is 19.6 Å². The molecule has 1 atom stereocenters. The summed E-state index contributed by atoms with van der Waals surface area (Å²) in [6, 6.07) is -0.533. The molecule has 4 N–H and O–H groups in total. The van der Waals surface area contributed by atoms with E-state index >= 15 is 0 Å². The van der Waals surface area contributed by atoms with Crippen LogP contribution in [0.2, 0.25) is 0 Å². The Balaban J connectivity index is -0.000000500. The molecule has 6 heteroatoms. The molecule has 0 saturated heterocycles. The fourth-order valence-corrected chi connectivity index (χ4v) is 0.871. The number of rotatable bonds is 4. The van der Waals surface area contributed by atoms with Crippen LogP contribution in [0.25, 0.3) is 0 Å². The molecule has 0 aliphatic rings. The summed E-state index contributed by atoms with van der Waals surface area (Å²) >= 11 is 0. The zero-order chi connectivity index (χ0) is 8.85. The number of halogens is 2. The van der Waals surface area contributed by atoms with E-state index in [0.29, 0.717) is 13.1 Å². The van der Waals surface area contributed by atoms with Crippen molar-refractivity contribution in [3.63, 3.8) is 0 Å². The maximum atomic E-state index is 11.3. The number of carbonyl (C=O) groups excluding carboxylic acids is 1. The first-order valence-electron chi connectivity index (χ1n) is 3.91. The SMILES string of the molecule is CCN(CC)C(=O)C(N)CN.Cl.Cl. The van der Waals surface area contributed by atoms with Gasteiger partial charge in [-0.05, 0) is 13.8 Å². The summed E-state index contributed by atoms with van der Waals surface area (Å²) < 4.78 is 0. The van der Waals surface area contributed by atoms with Gasteiger partial charge in [-0.15, -0.1) is 24.8 Å². The van der Waals surface area contributed by atoms with E-state index in [-0.39, 0.29) is 37.3 Å². The molecule has 0 fully saturated rings. The molecule has 0 aliphatic carbocycles. The molecule has 0 aromatic rings. The van der Waals surface area contributed by atoms with E-state index in [0.717, 1.165) is 0 Å². The second-order valence-corrected chi connectivity index (χ2v) is 2.35. The Kier molecular flexibility index (Phi) is 14.5. The smallest absolute Gasteiger partial charge is 0.240 e. The predicted molar refractivity (Wildman–Crippen MR) is 59.5 cm³/mol. The fourth-order valence-electron chi connectivity index (χ4n) is 0.871. The van der Waals surface area contributed by atoms with Gasteiger partial charge in [0.25, 0.3) is 0 Å². The van der Waals surface area contributed by atoms with Crippen LogP contribution in [0.4, 0.5) is 0 Å². The topological polar surface area (TPSA) is 72.3 Å². The normalized spacial score (nSPS) is 10.8. The third kappa shape index (κ3) is 6.10. The molecule has 0 bridgehead atoms. The number of nitrogens with two attached hydrogens (primary N) is 2. The predicted octanol–water partition coefficient (Wildman–Crippen LogP) is -0.0156. The second-order valence-electron chi connectivity index (χ2n) is 2.35. The van der Waals surface area contributed by atoms with Crippen molar-refractivity contribution in [3.05, 3.63) is 0 Å². The van der Waals surface area contributed by atoms with Crippen molar-refractivity contribution < 1.29 is 4.79 Å². The van der Waals surface area contributed by atoms with Crippen molar-refractivity contribution in [2.45, 2.75) is 19.9 Å². The van der Waals surface area contributed by atoms with Gasteiger partial charge in [0.15, 0.2) is 0 Å². The third-order valence-electron chi connectivity index (χ3n) is 1.65. The summed E-state index contributed by atoms with van der Waals surface area (Å²) in [5, 5.41) is 0. The summed E-state index contributed by atoms with van der Waals surface area (Å²) in [6.07, 6.45) is 0. The van der Waals surface area contributed by atoms with E-state index < -0.39 is 6.04 Å². The Bertz CT molecular complexity index is 131. The van der Waals surface area contributed by atoms with E-state index in [1.54, 1.807) is 4.90 Å². The number of amides is 1. The monoisotopic (exact) mass is 231 g/mol. The molecular formula is C7H19Cl2N3O. The number of carbonyl (C=O) groups is 1. The first-order valence-corrected chi connectivity index (χ1v) is 3.91. The lowest BCUT2D eigenvalue weighted by molar-refractivity contribution is -0.131. The summed E-state index contributed by atoms with van der Waals surface area (Å²) in [7, 11) is 0. The van der Waals surface area contributed by atoms with Crippen molar-refractivity contribution in [2.75, 3.05) is 19.6 Å². The number of nitrogens with zero attached hydrogens (tertiary/aromatic N) is 1. The van der Waals surface area contributed by atoms with Gasteiger partial charge in [-0.2, -0.15) is 0 Å². The first-order chi connectivity index (χ1) is 5.17. The molecule has 0 rings (SSSR count). The number of hydrogen-bond acceptors (Lipinski definition) is 3. The standard InChI is InChI=1S/C7H17N3O.2ClH/c1-3-10(4-2)7(11)6(9)5-8;;/h6H,3-5,8-9H2,1-2H3;2*1H. The maximum absolute atomic E-state index is 11.3. The van der Waals surface area contributed by atoms with Crippen LogP contribution in [0, 0.1) is 0 Å². The van der Waals surface area contributed by atoms with E-state index in [1.807, 2.05) is 13.8 Å². The zero-order valence-electron chi connectivity index (χ0n) is 8.03. The molecule has 0 heterocycles. The zero-order valence-corrected chi connectivity index (χ0v) is 9.66. The number of hydrogen-bond donors (Lipinski definition) is 2. The highest BCUT2D eigenvalue weighted by atomic mass is 35.5. The molecule has 0 aromatic heterocycles. The molecule has 1 amide bonds. The summed E-state index contributed by atoms with van der Waals surface area (Å²) in [5.74, 6) is -0.0579. The molecule has 82 valence electrons. The lowest BCUT2D eigenvalue weighted by Crippen LogP contribution is -2.47. The lowest BCUT2D eigenvalue weighted by atomic mass is 10.2. The van der Waals surface area contributed by atoms with Crippen LogP contribution < -0.4 is 11.5 Å². The van der Waals surface area contributed by atoms with Crippen molar-refractivity contribution in [3.8, 4) is 0 Å². The van der Waals surface area contributed by atoms with Crippen molar-refractivity contribution in [1.82, 2.24) is 4.90 Å². The Hall–Kier alpha value is -0.0300. The van der Waals surface area contributed by atoms with Crippen LogP contribution in [0.15, 0.2) is 0 Å². The highest BCUT2D eigenvalue weighted by molar-refractivity contribution is 5.85. The largest absolute Gasteiger partial charge is 0.342 e. The molecule has 4 nitrogen and oxygen atoms in total. The molecular weight excluding hydrogens is 213 g/mol. The van der Waals surface area contributed by atoms with Gasteiger partial charge >= 0.3 is 0 Å². The Morgan fingerprint density at radius 1 is 1.31 bits per heavy atom. The summed E-state index contributed by atoms with van der Waals surface area (Å²) in [4.78, 5) is 12.9. The quantitative estimate of drug-likeness (QED) is 0.715. The van der Waals surface area contributed by atoms with Crippen LogP contribution in [-0.4, -0.2) is 36.5 Å². The van der Waals surface area contributed by atoms with E-state index in [9.17, 15) is 4.79 Å². The highest BCUT2D eigenvalue weighted by Crippen LogP contribution is 1.90. The number of likely N-dealkylation sites (N-methyl/N-ethyl adjacent to an activating group) is 1. The molecule has 1 unspecified atom stereocenters. The van der Waals surface area contributed by atoms with Crippen molar-refractivity contribution in [1.29, 1.82) is 0 Å². The molecule has 0 radical (unpaired) electrons. The molecule has 13 heavy (non-hydrogen) atoms. The third-order valence-corrected chi connectivity index (χ3v) is 1.65. The minimum atomic E-state index is -0.533. The van der Waals surface area contributed by atoms with Gasteiger partial charge in [-0.25, -0.2) is 0 Å². The highest BCUT2D eigenvalue weighted by Gasteiger charge is 2.16. The molecule has 0 aromatic carbocycles. The average molecular weight is 232 g/mol. The van der Waals surface area contributed by atoms with Gasteiger partial charge in [0.2, 0.25) is 5.91 Å². The van der Waals surface area contributed by atoms with Crippen LogP contribution in [0.3, 0.4) is 0 Å². The van der Waals surface area contributed by atoms with Crippen LogP contribution >= 0.6 is 24.8 Å². The minimum Gasteiger partial charge on any atom is -0.342 e. The van der Waals surface area contributed by atoms with Gasteiger partial charge in [0.05, 0.1) is 6.04 Å². The van der Waals surface area contributed by atoms with E-state index in [2.05, 4.69) is 0 Å². The average Bonchev–Trinajstić information content (AvgIpc) is 2.05. The fraction of sp³-hybridized carbons (Fsp3) is 0.857. The molecule has 0 spiro atoms. The van der Waals surface area contributed by atoms with Crippen molar-refractivity contribution >= 4 is 30.7 Å². The van der Waals surface area contributed by atoms with Gasteiger partial charge in [0.1, 0.15) is 0 Å². The molecule has 0 saturated carbocycles. The van der Waals surface area contributed by atoms with Gasteiger partial charge in [-0.3, -0.25) is 4.79 Å². The minimum absolute atomic E-state index is 0. The van der Waals surface area contributed by atoms with E-state index in [1.165, 1.54) is 0 Å². The van der Waals surface area contributed by atoms with Crippen LogP contribution in [-0.2, 0) is 4.79 Å². The maximum Gasteiger partial charge on any atom is 0.240 e. The van der Waals surface area contributed by atoms with Crippen LogP contribution in [0.5, 0.6) is 0 Å². The second kappa shape index (κ2) is 10.1. The van der Waals surface area contributed by atoms with Gasteiger partial charge < -0.3 is 16.4 Å². The Morgan fingerprint density at radius 3 is 1.92 bits per heavy atom. The van der Waals surface area contributed by atoms with E-state index in [4.69, 9.17) is 11.5 Å². The summed E-state index contributed by atoms with van der Waals surface area (Å²) in [5.41, 5.74) is 10.7. The summed E-state index contributed by atoms with van der Waals surface area (Å²) in [6.45, 7) is 5.46. The van der Waals surface area contributed by atoms with Crippen LogP contribution in [0.1, 0.15) is 13.8 Å². The first kappa shape index (κ1) is 18.7. The Labute approximate surface area is 91.8 Å². The van der Waals surface area contributed by atoms with Crippen molar-refractivity contribution in [2.24, 2.45) is 11.5 Å².